The minimum Gasteiger partial charge on any atom is -0.436 e. The molecule has 1 saturated carbocycles. The second-order valence-corrected chi connectivity index (χ2v) is 13.0. The maximum atomic E-state index is 14.0. The van der Waals surface area contributed by atoms with Crippen LogP contribution in [0.2, 0.25) is 0 Å². The van der Waals surface area contributed by atoms with Crippen LogP contribution in [-0.2, 0) is 27.2 Å². The highest BCUT2D eigenvalue weighted by molar-refractivity contribution is 5.90. The number of hydrogen-bond acceptors (Lipinski definition) is 8. The van der Waals surface area contributed by atoms with Gasteiger partial charge in [0.2, 0.25) is 5.91 Å². The lowest BCUT2D eigenvalue weighted by Gasteiger charge is -2.34. The average molecular weight is 643 g/mol. The van der Waals surface area contributed by atoms with Crippen LogP contribution in [0.5, 0.6) is 0 Å². The van der Waals surface area contributed by atoms with E-state index >= 15 is 0 Å². The lowest BCUT2D eigenvalue weighted by atomic mass is 9.82. The third kappa shape index (κ3) is 12.4. The maximum absolute atomic E-state index is 14.0. The standard InChI is InChI=1S/C34H54N6O6/c1-23(2)17-29(41)31(42)27(18-24-11-7-5-8-12-24)38-32(43)28(20-26-21-36-22-37-26)39-33(44)30(19-25-13-9-6-10-14-25)46-34(45)40(4)16-15-35-3/h6,9-10,13-14,21-24,27-31,35,41-42H,5,7-8,11-12,15-20H2,1-4H3,(H,36,37)(H,38,43)(H,39,44)/t27-,28-,29-,30-,31+/m0/s1. The molecular weight excluding hydrogens is 588 g/mol. The van der Waals surface area contributed by atoms with Gasteiger partial charge in [-0.05, 0) is 37.3 Å². The summed E-state index contributed by atoms with van der Waals surface area (Å²) in [5.74, 6) is -0.654. The molecule has 3 rings (SSSR count). The SMILES string of the molecule is CNCCN(C)C(=O)O[C@@H](Cc1ccccc1)C(=O)N[C@@H](Cc1cnc[nH]1)C(=O)N[C@@H](CC1CCCCC1)[C@@H](O)[C@@H](O)CC(C)C. The quantitative estimate of drug-likeness (QED) is 0.144. The second kappa shape index (κ2) is 19.2. The predicted molar refractivity (Wildman–Crippen MR) is 176 cm³/mol. The second-order valence-electron chi connectivity index (χ2n) is 13.0. The van der Waals surface area contributed by atoms with Gasteiger partial charge in [0.25, 0.3) is 5.91 Å². The van der Waals surface area contributed by atoms with Crippen LogP contribution in [0.3, 0.4) is 0 Å². The Bertz CT molecular complexity index is 1170. The van der Waals surface area contributed by atoms with E-state index in [4.69, 9.17) is 4.74 Å². The lowest BCUT2D eigenvalue weighted by Crippen LogP contribution is -2.57. The van der Waals surface area contributed by atoms with Gasteiger partial charge in [-0.25, -0.2) is 9.78 Å². The molecule has 0 saturated heterocycles. The summed E-state index contributed by atoms with van der Waals surface area (Å²) in [5.41, 5.74) is 1.41. The number of nitrogens with zero attached hydrogens (tertiary/aromatic N) is 2. The van der Waals surface area contributed by atoms with E-state index in [1.807, 2.05) is 44.2 Å². The summed E-state index contributed by atoms with van der Waals surface area (Å²) in [6.07, 6.45) is 5.51. The molecule has 256 valence electrons. The zero-order chi connectivity index (χ0) is 33.5. The highest BCUT2D eigenvalue weighted by Gasteiger charge is 2.35. The number of imidazole rings is 1. The van der Waals surface area contributed by atoms with Gasteiger partial charge in [0.15, 0.2) is 6.10 Å². The Balaban J connectivity index is 1.83. The molecule has 0 bridgehead atoms. The highest BCUT2D eigenvalue weighted by atomic mass is 16.6. The minimum absolute atomic E-state index is 0.0897. The van der Waals surface area contributed by atoms with Crippen molar-refractivity contribution in [3.63, 3.8) is 0 Å². The van der Waals surface area contributed by atoms with Gasteiger partial charge in [0.05, 0.1) is 18.5 Å². The van der Waals surface area contributed by atoms with Crippen LogP contribution in [-0.4, -0.2) is 101 Å². The van der Waals surface area contributed by atoms with Gasteiger partial charge in [0.1, 0.15) is 12.1 Å². The fraction of sp³-hybridized carbons (Fsp3) is 0.647. The van der Waals surface area contributed by atoms with Crippen LogP contribution in [0.4, 0.5) is 4.79 Å². The van der Waals surface area contributed by atoms with Crippen LogP contribution in [0, 0.1) is 11.8 Å². The number of hydrogen-bond donors (Lipinski definition) is 6. The Hall–Kier alpha value is -3.48. The van der Waals surface area contributed by atoms with E-state index in [0.29, 0.717) is 37.5 Å². The number of aliphatic hydroxyl groups excluding tert-OH is 2. The Morgan fingerprint density at radius 2 is 1.76 bits per heavy atom. The fourth-order valence-corrected chi connectivity index (χ4v) is 5.93. The fourth-order valence-electron chi connectivity index (χ4n) is 5.93. The molecule has 46 heavy (non-hydrogen) atoms. The van der Waals surface area contributed by atoms with Gasteiger partial charge < -0.3 is 40.8 Å². The van der Waals surface area contributed by atoms with E-state index in [1.54, 1.807) is 20.3 Å². The number of carbonyl (C=O) groups is 3. The number of aromatic nitrogens is 2. The molecule has 12 heteroatoms. The molecule has 0 spiro atoms. The molecule has 0 unspecified atom stereocenters. The molecular formula is C34H54N6O6. The summed E-state index contributed by atoms with van der Waals surface area (Å²) >= 11 is 0. The third-order valence-corrected chi connectivity index (χ3v) is 8.58. The van der Waals surface area contributed by atoms with Crippen molar-refractivity contribution in [3.8, 4) is 0 Å². The van der Waals surface area contributed by atoms with Crippen LogP contribution in [0.25, 0.3) is 0 Å². The van der Waals surface area contributed by atoms with E-state index in [-0.39, 0.29) is 18.8 Å². The van der Waals surface area contributed by atoms with Crippen LogP contribution >= 0.6 is 0 Å². The first kappa shape index (κ1) is 37.0. The number of nitrogens with one attached hydrogen (secondary N) is 4. The van der Waals surface area contributed by atoms with Crippen molar-refractivity contribution in [3.05, 3.63) is 54.1 Å². The van der Waals surface area contributed by atoms with Gasteiger partial charge in [0, 0.05) is 44.9 Å². The molecule has 1 aliphatic rings. The summed E-state index contributed by atoms with van der Waals surface area (Å²) in [4.78, 5) is 49.1. The molecule has 1 aromatic carbocycles. The number of aliphatic hydroxyl groups is 2. The number of H-pyrrole nitrogens is 1. The summed E-state index contributed by atoms with van der Waals surface area (Å²) < 4.78 is 5.70. The van der Waals surface area contributed by atoms with Crippen molar-refractivity contribution in [2.75, 3.05) is 27.2 Å². The summed E-state index contributed by atoms with van der Waals surface area (Å²) in [5, 5.41) is 30.9. The Morgan fingerprint density at radius 1 is 1.04 bits per heavy atom. The van der Waals surface area contributed by atoms with E-state index in [2.05, 4.69) is 25.9 Å². The zero-order valence-electron chi connectivity index (χ0n) is 27.8. The van der Waals surface area contributed by atoms with Crippen molar-refractivity contribution in [2.24, 2.45) is 11.8 Å². The summed E-state index contributed by atoms with van der Waals surface area (Å²) in [6.45, 7) is 4.87. The predicted octanol–water partition coefficient (Wildman–Crippen LogP) is 2.56. The van der Waals surface area contributed by atoms with Crippen LogP contribution < -0.4 is 16.0 Å². The van der Waals surface area contributed by atoms with Crippen LogP contribution in [0.15, 0.2) is 42.9 Å². The van der Waals surface area contributed by atoms with E-state index in [9.17, 15) is 24.6 Å². The number of ether oxygens (including phenoxy) is 1. The van der Waals surface area contributed by atoms with Gasteiger partial charge in [-0.3, -0.25) is 9.59 Å². The molecule has 0 aliphatic heterocycles. The topological polar surface area (TPSA) is 169 Å². The third-order valence-electron chi connectivity index (χ3n) is 8.58. The van der Waals surface area contributed by atoms with Crippen LogP contribution in [0.1, 0.15) is 70.1 Å². The van der Waals surface area contributed by atoms with Crippen molar-refractivity contribution in [1.29, 1.82) is 0 Å². The first-order valence-corrected chi connectivity index (χ1v) is 16.6. The molecule has 3 amide bonds. The van der Waals surface area contributed by atoms with Crippen molar-refractivity contribution in [1.82, 2.24) is 30.8 Å². The monoisotopic (exact) mass is 642 g/mol. The molecule has 5 atom stereocenters. The first-order chi connectivity index (χ1) is 22.1. The molecule has 1 aliphatic carbocycles. The normalized spacial score (nSPS) is 17.0. The number of benzene rings is 1. The molecule has 1 fully saturated rings. The number of likely N-dealkylation sites (N-methyl/N-ethyl adjacent to an activating group) is 2. The molecule has 1 aromatic heterocycles. The van der Waals surface area contributed by atoms with E-state index in [1.165, 1.54) is 17.6 Å². The Labute approximate surface area is 273 Å². The highest BCUT2D eigenvalue weighted by Crippen LogP contribution is 2.29. The number of amides is 3. The zero-order valence-corrected chi connectivity index (χ0v) is 27.8. The maximum Gasteiger partial charge on any atom is 0.410 e. The molecule has 6 N–H and O–H groups in total. The van der Waals surface area contributed by atoms with Crippen molar-refractivity contribution < 1.29 is 29.3 Å². The van der Waals surface area contributed by atoms with Crippen molar-refractivity contribution in [2.45, 2.75) is 102 Å². The first-order valence-electron chi connectivity index (χ1n) is 16.6. The van der Waals surface area contributed by atoms with E-state index < -0.39 is 48.3 Å². The Kier molecular flexibility index (Phi) is 15.5. The average Bonchev–Trinajstić information content (AvgIpc) is 3.56. The largest absolute Gasteiger partial charge is 0.436 e. The van der Waals surface area contributed by atoms with Gasteiger partial charge in [-0.15, -0.1) is 0 Å². The minimum atomic E-state index is -1.21. The molecule has 1 heterocycles. The summed E-state index contributed by atoms with van der Waals surface area (Å²) in [7, 11) is 3.37. The molecule has 0 radical (unpaired) electrons. The summed E-state index contributed by atoms with van der Waals surface area (Å²) in [6, 6.07) is 7.44. The van der Waals surface area contributed by atoms with Gasteiger partial charge in [-0.2, -0.15) is 0 Å². The van der Waals surface area contributed by atoms with E-state index in [0.717, 1.165) is 31.2 Å². The Morgan fingerprint density at radius 3 is 2.39 bits per heavy atom. The van der Waals surface area contributed by atoms with Gasteiger partial charge in [-0.1, -0.05) is 76.3 Å². The van der Waals surface area contributed by atoms with Gasteiger partial charge >= 0.3 is 6.09 Å². The number of rotatable bonds is 18. The smallest absolute Gasteiger partial charge is 0.410 e. The van der Waals surface area contributed by atoms with Crippen molar-refractivity contribution >= 4 is 17.9 Å². The lowest BCUT2D eigenvalue weighted by molar-refractivity contribution is -0.135. The number of carbonyl (C=O) groups excluding carboxylic acids is 3. The number of aromatic amines is 1. The molecule has 2 aromatic rings. The molecule has 12 nitrogen and oxygen atoms in total.